The molecule has 0 aliphatic heterocycles. The van der Waals surface area contributed by atoms with Crippen LogP contribution in [0.1, 0.15) is 38.2 Å². The predicted octanol–water partition coefficient (Wildman–Crippen LogP) is 4.03. The highest BCUT2D eigenvalue weighted by atomic mass is 35.5. The van der Waals surface area contributed by atoms with E-state index < -0.39 is 0 Å². The predicted molar refractivity (Wildman–Crippen MR) is 102 cm³/mol. The van der Waals surface area contributed by atoms with Gasteiger partial charge in [0, 0.05) is 12.7 Å². The standard InChI is InChI=1S/C19H23ClN4O2/c1-12(2)26-18-15(20)9-14(10-16(18)25-4)11-21-13(3)19-23-22-17-7-5-6-8-24(17)19/h5-10,12-13,21H,11H2,1-4H3/t13-/m0/s1. The normalized spacial score (nSPS) is 12.5. The third-order valence-electron chi connectivity index (χ3n) is 3.98. The number of fused-ring (bicyclic) bond motifs is 1. The summed E-state index contributed by atoms with van der Waals surface area (Å²) in [5.74, 6) is 2.06. The molecule has 2 heterocycles. The van der Waals surface area contributed by atoms with Crippen LogP contribution in [0.4, 0.5) is 0 Å². The zero-order valence-corrected chi connectivity index (χ0v) is 16.1. The molecule has 0 saturated heterocycles. The largest absolute Gasteiger partial charge is 0.493 e. The number of pyridine rings is 1. The van der Waals surface area contributed by atoms with Crippen LogP contribution in [0.5, 0.6) is 11.5 Å². The molecule has 0 saturated carbocycles. The van der Waals surface area contributed by atoms with Crippen molar-refractivity contribution in [3.63, 3.8) is 0 Å². The maximum Gasteiger partial charge on any atom is 0.180 e. The summed E-state index contributed by atoms with van der Waals surface area (Å²) >= 11 is 6.39. The number of rotatable bonds is 7. The molecule has 3 rings (SSSR count). The first-order valence-corrected chi connectivity index (χ1v) is 8.93. The van der Waals surface area contributed by atoms with Gasteiger partial charge in [0.25, 0.3) is 0 Å². The topological polar surface area (TPSA) is 60.7 Å². The zero-order valence-electron chi connectivity index (χ0n) is 15.4. The van der Waals surface area contributed by atoms with Crippen molar-refractivity contribution in [1.29, 1.82) is 0 Å². The summed E-state index contributed by atoms with van der Waals surface area (Å²) in [5, 5.41) is 12.5. The van der Waals surface area contributed by atoms with Gasteiger partial charge in [-0.25, -0.2) is 0 Å². The molecule has 138 valence electrons. The molecule has 0 aliphatic rings. The van der Waals surface area contributed by atoms with Gasteiger partial charge in [0.15, 0.2) is 23.0 Å². The fourth-order valence-corrected chi connectivity index (χ4v) is 3.02. The Bertz CT molecular complexity index is 894. The Morgan fingerprint density at radius 1 is 1.19 bits per heavy atom. The van der Waals surface area contributed by atoms with Crippen LogP contribution in [-0.4, -0.2) is 27.8 Å². The van der Waals surface area contributed by atoms with Crippen molar-refractivity contribution in [3.05, 3.63) is 52.9 Å². The molecule has 0 aliphatic carbocycles. The van der Waals surface area contributed by atoms with Gasteiger partial charge >= 0.3 is 0 Å². The Morgan fingerprint density at radius 2 is 2.00 bits per heavy atom. The fourth-order valence-electron chi connectivity index (χ4n) is 2.74. The van der Waals surface area contributed by atoms with Crippen LogP contribution in [0, 0.1) is 0 Å². The van der Waals surface area contributed by atoms with E-state index in [9.17, 15) is 0 Å². The number of aromatic nitrogens is 3. The number of methoxy groups -OCH3 is 1. The second kappa shape index (κ2) is 7.93. The molecule has 0 bridgehead atoms. The zero-order chi connectivity index (χ0) is 18.7. The van der Waals surface area contributed by atoms with Gasteiger partial charge in [-0.1, -0.05) is 17.7 Å². The molecule has 0 amide bonds. The van der Waals surface area contributed by atoms with E-state index in [-0.39, 0.29) is 12.1 Å². The minimum absolute atomic E-state index is 0.0174. The third-order valence-corrected chi connectivity index (χ3v) is 4.26. The first kappa shape index (κ1) is 18.5. The average molecular weight is 375 g/mol. The SMILES string of the molecule is COc1cc(CN[C@@H](C)c2nnc3ccccn23)cc(Cl)c1OC(C)C. The molecule has 0 fully saturated rings. The maximum absolute atomic E-state index is 6.39. The molecule has 0 spiro atoms. The molecule has 1 aromatic carbocycles. The number of hydrogen-bond donors (Lipinski definition) is 1. The van der Waals surface area contributed by atoms with Crippen molar-refractivity contribution in [2.24, 2.45) is 0 Å². The molecule has 3 aromatic rings. The second-order valence-corrected chi connectivity index (χ2v) is 6.77. The summed E-state index contributed by atoms with van der Waals surface area (Å²) in [6.07, 6.45) is 1.98. The van der Waals surface area contributed by atoms with Gasteiger partial charge in [0.05, 0.1) is 24.3 Å². The van der Waals surface area contributed by atoms with E-state index in [1.54, 1.807) is 7.11 Å². The van der Waals surface area contributed by atoms with E-state index in [0.29, 0.717) is 23.1 Å². The lowest BCUT2D eigenvalue weighted by molar-refractivity contribution is 0.230. The minimum atomic E-state index is 0.0174. The summed E-state index contributed by atoms with van der Waals surface area (Å²) < 4.78 is 13.2. The van der Waals surface area contributed by atoms with Crippen LogP contribution < -0.4 is 14.8 Å². The van der Waals surface area contributed by atoms with Crippen molar-refractivity contribution >= 4 is 17.2 Å². The molecule has 0 unspecified atom stereocenters. The minimum Gasteiger partial charge on any atom is -0.493 e. The van der Waals surface area contributed by atoms with E-state index in [4.69, 9.17) is 21.1 Å². The Kier molecular flexibility index (Phi) is 5.64. The smallest absolute Gasteiger partial charge is 0.180 e. The molecule has 0 radical (unpaired) electrons. The van der Waals surface area contributed by atoms with E-state index >= 15 is 0 Å². The molecular formula is C19H23ClN4O2. The van der Waals surface area contributed by atoms with Gasteiger partial charge in [0.1, 0.15) is 0 Å². The number of halogens is 1. The Balaban J connectivity index is 1.76. The van der Waals surface area contributed by atoms with Gasteiger partial charge in [-0.05, 0) is 50.6 Å². The maximum atomic E-state index is 6.39. The number of hydrogen-bond acceptors (Lipinski definition) is 5. The van der Waals surface area contributed by atoms with Gasteiger partial charge in [-0.15, -0.1) is 10.2 Å². The number of benzene rings is 1. The number of ether oxygens (including phenoxy) is 2. The van der Waals surface area contributed by atoms with Crippen LogP contribution in [-0.2, 0) is 6.54 Å². The average Bonchev–Trinajstić information content (AvgIpc) is 3.05. The first-order valence-electron chi connectivity index (χ1n) is 8.55. The molecule has 1 N–H and O–H groups in total. The van der Waals surface area contributed by atoms with Crippen LogP contribution >= 0.6 is 11.6 Å². The first-order chi connectivity index (χ1) is 12.5. The Hall–Kier alpha value is -2.31. The van der Waals surface area contributed by atoms with Crippen LogP contribution in [0.25, 0.3) is 5.65 Å². The van der Waals surface area contributed by atoms with Gasteiger partial charge in [-0.3, -0.25) is 4.40 Å². The highest BCUT2D eigenvalue weighted by Gasteiger charge is 2.16. The lowest BCUT2D eigenvalue weighted by Crippen LogP contribution is -2.20. The molecule has 1 atom stereocenters. The Morgan fingerprint density at radius 3 is 2.73 bits per heavy atom. The summed E-state index contributed by atoms with van der Waals surface area (Å²) in [5.41, 5.74) is 1.83. The van der Waals surface area contributed by atoms with E-state index in [1.165, 1.54) is 0 Å². The van der Waals surface area contributed by atoms with Crippen LogP contribution in [0.3, 0.4) is 0 Å². The van der Waals surface area contributed by atoms with Gasteiger partial charge < -0.3 is 14.8 Å². The van der Waals surface area contributed by atoms with Crippen molar-refractivity contribution in [2.45, 2.75) is 39.5 Å². The Labute approximate surface area is 158 Å². The van der Waals surface area contributed by atoms with Crippen LogP contribution in [0.15, 0.2) is 36.5 Å². The van der Waals surface area contributed by atoms with Crippen molar-refractivity contribution < 1.29 is 9.47 Å². The summed E-state index contributed by atoms with van der Waals surface area (Å²) in [7, 11) is 1.61. The number of nitrogens with one attached hydrogen (secondary N) is 1. The molecule has 6 nitrogen and oxygen atoms in total. The monoisotopic (exact) mass is 374 g/mol. The lowest BCUT2D eigenvalue weighted by Gasteiger charge is -2.17. The highest BCUT2D eigenvalue weighted by molar-refractivity contribution is 6.32. The van der Waals surface area contributed by atoms with Crippen molar-refractivity contribution in [2.75, 3.05) is 7.11 Å². The van der Waals surface area contributed by atoms with E-state index in [2.05, 4.69) is 22.4 Å². The summed E-state index contributed by atoms with van der Waals surface area (Å²) in [4.78, 5) is 0. The third kappa shape index (κ3) is 3.92. The summed E-state index contributed by atoms with van der Waals surface area (Å²) in [6.45, 7) is 6.57. The van der Waals surface area contributed by atoms with E-state index in [0.717, 1.165) is 17.0 Å². The molecule has 26 heavy (non-hydrogen) atoms. The van der Waals surface area contributed by atoms with Crippen LogP contribution in [0.2, 0.25) is 5.02 Å². The van der Waals surface area contributed by atoms with E-state index in [1.807, 2.05) is 54.8 Å². The van der Waals surface area contributed by atoms with Gasteiger partial charge in [-0.2, -0.15) is 0 Å². The second-order valence-electron chi connectivity index (χ2n) is 6.37. The molecular weight excluding hydrogens is 352 g/mol. The fraction of sp³-hybridized carbons (Fsp3) is 0.368. The van der Waals surface area contributed by atoms with Gasteiger partial charge in [0.2, 0.25) is 0 Å². The molecule has 7 heteroatoms. The quantitative estimate of drug-likeness (QED) is 0.676. The lowest BCUT2D eigenvalue weighted by atomic mass is 10.1. The molecule has 2 aromatic heterocycles. The summed E-state index contributed by atoms with van der Waals surface area (Å²) in [6, 6.07) is 9.69. The number of nitrogens with zero attached hydrogens (tertiary/aromatic N) is 3. The van der Waals surface area contributed by atoms with Crippen molar-refractivity contribution in [1.82, 2.24) is 19.9 Å². The van der Waals surface area contributed by atoms with Crippen molar-refractivity contribution in [3.8, 4) is 11.5 Å². The highest BCUT2D eigenvalue weighted by Crippen LogP contribution is 2.37.